The van der Waals surface area contributed by atoms with E-state index in [4.69, 9.17) is 4.74 Å². The van der Waals surface area contributed by atoms with E-state index >= 15 is 0 Å². The summed E-state index contributed by atoms with van der Waals surface area (Å²) in [6, 6.07) is 23.1. The van der Waals surface area contributed by atoms with Crippen LogP contribution in [0.2, 0.25) is 0 Å². The highest BCUT2D eigenvalue weighted by atomic mass is 32.1. The number of thiophene rings is 1. The van der Waals surface area contributed by atoms with E-state index in [1.807, 2.05) is 60.7 Å². The van der Waals surface area contributed by atoms with E-state index in [1.54, 1.807) is 24.6 Å². The molecule has 0 fully saturated rings. The summed E-state index contributed by atoms with van der Waals surface area (Å²) >= 11 is 1.70. The monoisotopic (exact) mass is 469 g/mol. The molecule has 5 nitrogen and oxygen atoms in total. The van der Waals surface area contributed by atoms with Gasteiger partial charge in [0.25, 0.3) is 5.91 Å². The van der Waals surface area contributed by atoms with Crippen molar-refractivity contribution < 1.29 is 9.53 Å². The summed E-state index contributed by atoms with van der Waals surface area (Å²) in [7, 11) is 1.68. The van der Waals surface area contributed by atoms with E-state index in [9.17, 15) is 4.79 Å². The van der Waals surface area contributed by atoms with Crippen LogP contribution in [-0.2, 0) is 12.8 Å². The zero-order valence-corrected chi connectivity index (χ0v) is 19.9. The standard InChI is InChI=1S/C28H27N3O2S/c1-33-21-13-9-12-20(18-21)26(30-24-16-7-8-17-29-24)25-22-14-5-6-15-23(22)34-28(25)31-27(32)19-10-3-2-4-11-19/h2-4,7-13,16-18,26H,5-6,14-15H2,1H3,(H,29,30)(H,31,32)/t26-/m0/s1. The second kappa shape index (κ2) is 10.1. The molecule has 1 amide bonds. The Balaban J connectivity index is 1.62. The van der Waals surface area contributed by atoms with E-state index in [0.717, 1.165) is 47.0 Å². The molecule has 0 saturated heterocycles. The predicted octanol–water partition coefficient (Wildman–Crippen LogP) is 6.48. The number of ether oxygens (including phenoxy) is 1. The number of anilines is 2. The molecule has 0 radical (unpaired) electrons. The Labute approximate surface area is 203 Å². The van der Waals surface area contributed by atoms with Gasteiger partial charge in [0.05, 0.1) is 13.2 Å². The third kappa shape index (κ3) is 4.68. The molecule has 6 heteroatoms. The Morgan fingerprint density at radius 3 is 2.62 bits per heavy atom. The average molecular weight is 470 g/mol. The van der Waals surface area contributed by atoms with Crippen molar-refractivity contribution in [3.8, 4) is 5.75 Å². The molecule has 0 unspecified atom stereocenters. The first kappa shape index (κ1) is 22.2. The summed E-state index contributed by atoms with van der Waals surface area (Å²) in [6.45, 7) is 0. The Bertz CT molecular complexity index is 1270. The number of methoxy groups -OCH3 is 1. The largest absolute Gasteiger partial charge is 0.497 e. The average Bonchev–Trinajstić information content (AvgIpc) is 3.26. The number of nitrogens with zero attached hydrogens (tertiary/aromatic N) is 1. The van der Waals surface area contributed by atoms with Gasteiger partial charge in [-0.25, -0.2) is 4.98 Å². The fourth-order valence-electron chi connectivity index (χ4n) is 4.49. The minimum atomic E-state index is -0.186. The quantitative estimate of drug-likeness (QED) is 0.325. The smallest absolute Gasteiger partial charge is 0.256 e. The first-order valence-electron chi connectivity index (χ1n) is 11.6. The van der Waals surface area contributed by atoms with E-state index in [1.165, 1.54) is 16.9 Å². The number of nitrogens with one attached hydrogen (secondary N) is 2. The zero-order valence-electron chi connectivity index (χ0n) is 19.1. The summed E-state index contributed by atoms with van der Waals surface area (Å²) in [6.07, 6.45) is 6.16. The molecule has 2 aromatic heterocycles. The summed E-state index contributed by atoms with van der Waals surface area (Å²) in [5, 5.41) is 7.78. The van der Waals surface area contributed by atoms with Gasteiger partial charge in [0.1, 0.15) is 16.6 Å². The Hall–Kier alpha value is -3.64. The van der Waals surface area contributed by atoms with Gasteiger partial charge >= 0.3 is 0 Å². The number of aryl methyl sites for hydroxylation is 1. The van der Waals surface area contributed by atoms with Crippen LogP contribution < -0.4 is 15.4 Å². The molecule has 34 heavy (non-hydrogen) atoms. The summed E-state index contributed by atoms with van der Waals surface area (Å²) in [5.74, 6) is 1.48. The van der Waals surface area contributed by atoms with Crippen LogP contribution in [0.5, 0.6) is 5.75 Å². The highest BCUT2D eigenvalue weighted by Gasteiger charge is 2.29. The summed E-state index contributed by atoms with van der Waals surface area (Å²) in [5.41, 5.74) is 4.18. The van der Waals surface area contributed by atoms with Crippen LogP contribution in [0.15, 0.2) is 79.0 Å². The molecular weight excluding hydrogens is 442 g/mol. The molecule has 1 aliphatic rings. The molecule has 0 bridgehead atoms. The maximum Gasteiger partial charge on any atom is 0.256 e. The molecular formula is C28H27N3O2S. The first-order valence-corrected chi connectivity index (χ1v) is 12.4. The van der Waals surface area contributed by atoms with Crippen LogP contribution in [0, 0.1) is 0 Å². The van der Waals surface area contributed by atoms with Gasteiger partial charge in [0.15, 0.2) is 0 Å². The maximum absolute atomic E-state index is 13.1. The van der Waals surface area contributed by atoms with Crippen molar-refractivity contribution in [2.45, 2.75) is 31.7 Å². The van der Waals surface area contributed by atoms with Gasteiger partial charge < -0.3 is 15.4 Å². The number of hydrogen-bond donors (Lipinski definition) is 2. The molecule has 4 aromatic rings. The van der Waals surface area contributed by atoms with Crippen LogP contribution in [-0.4, -0.2) is 18.0 Å². The Morgan fingerprint density at radius 2 is 1.82 bits per heavy atom. The molecule has 1 aliphatic carbocycles. The highest BCUT2D eigenvalue weighted by Crippen LogP contribution is 2.44. The van der Waals surface area contributed by atoms with E-state index in [2.05, 4.69) is 27.8 Å². The normalized spacial score (nSPS) is 13.6. The van der Waals surface area contributed by atoms with Gasteiger partial charge in [-0.1, -0.05) is 36.4 Å². The summed E-state index contributed by atoms with van der Waals surface area (Å²) < 4.78 is 5.53. The van der Waals surface area contributed by atoms with Crippen LogP contribution >= 0.6 is 11.3 Å². The number of carbonyl (C=O) groups is 1. The van der Waals surface area contributed by atoms with Gasteiger partial charge in [-0.05, 0) is 73.2 Å². The molecule has 0 aliphatic heterocycles. The number of hydrogen-bond acceptors (Lipinski definition) is 5. The number of carbonyl (C=O) groups excluding carboxylic acids is 1. The van der Waals surface area contributed by atoms with Crippen molar-refractivity contribution in [1.29, 1.82) is 0 Å². The molecule has 172 valence electrons. The Morgan fingerprint density at radius 1 is 1.00 bits per heavy atom. The summed E-state index contributed by atoms with van der Waals surface area (Å²) in [4.78, 5) is 19.0. The predicted molar refractivity (Wildman–Crippen MR) is 138 cm³/mol. The molecule has 0 spiro atoms. The van der Waals surface area contributed by atoms with Crippen LogP contribution in [0.25, 0.3) is 0 Å². The van der Waals surface area contributed by atoms with Crippen molar-refractivity contribution in [3.05, 3.63) is 106 Å². The minimum Gasteiger partial charge on any atom is -0.497 e. The lowest BCUT2D eigenvalue weighted by molar-refractivity contribution is 0.102. The van der Waals surface area contributed by atoms with Crippen molar-refractivity contribution in [3.63, 3.8) is 0 Å². The van der Waals surface area contributed by atoms with Crippen molar-refractivity contribution in [2.24, 2.45) is 0 Å². The molecule has 2 N–H and O–H groups in total. The highest BCUT2D eigenvalue weighted by molar-refractivity contribution is 7.16. The first-order chi connectivity index (χ1) is 16.7. The van der Waals surface area contributed by atoms with Gasteiger partial charge in [-0.15, -0.1) is 11.3 Å². The molecule has 0 saturated carbocycles. The number of amides is 1. The van der Waals surface area contributed by atoms with Crippen molar-refractivity contribution >= 4 is 28.1 Å². The SMILES string of the molecule is COc1cccc([C@H](Nc2ccccn2)c2c(NC(=O)c3ccccc3)sc3c2CCCC3)c1. The third-order valence-electron chi connectivity index (χ3n) is 6.15. The van der Waals surface area contributed by atoms with Crippen LogP contribution in [0.1, 0.15) is 50.8 Å². The lowest BCUT2D eigenvalue weighted by atomic mass is 9.89. The third-order valence-corrected chi connectivity index (χ3v) is 7.37. The molecule has 2 aromatic carbocycles. The van der Waals surface area contributed by atoms with Gasteiger partial charge in [0.2, 0.25) is 0 Å². The lowest BCUT2D eigenvalue weighted by Gasteiger charge is -2.24. The number of aromatic nitrogens is 1. The van der Waals surface area contributed by atoms with Gasteiger partial charge in [-0.2, -0.15) is 0 Å². The molecule has 2 heterocycles. The van der Waals surface area contributed by atoms with Crippen molar-refractivity contribution in [1.82, 2.24) is 4.98 Å². The fraction of sp³-hybridized carbons (Fsp3) is 0.214. The van der Waals surface area contributed by atoms with Crippen molar-refractivity contribution in [2.75, 3.05) is 17.7 Å². The lowest BCUT2D eigenvalue weighted by Crippen LogP contribution is -2.19. The molecule has 5 rings (SSSR count). The molecule has 1 atom stereocenters. The van der Waals surface area contributed by atoms with Crippen LogP contribution in [0.3, 0.4) is 0 Å². The zero-order chi connectivity index (χ0) is 23.3. The van der Waals surface area contributed by atoms with E-state index < -0.39 is 0 Å². The van der Waals surface area contributed by atoms with Gasteiger partial charge in [-0.3, -0.25) is 4.79 Å². The second-order valence-corrected chi connectivity index (χ2v) is 9.45. The van der Waals surface area contributed by atoms with Gasteiger partial charge in [0, 0.05) is 22.2 Å². The fourth-order valence-corrected chi connectivity index (χ4v) is 5.82. The van der Waals surface area contributed by atoms with Crippen LogP contribution in [0.4, 0.5) is 10.8 Å². The number of rotatable bonds is 7. The second-order valence-electron chi connectivity index (χ2n) is 8.34. The topological polar surface area (TPSA) is 63.2 Å². The Kier molecular flexibility index (Phi) is 6.58. The van der Waals surface area contributed by atoms with E-state index in [-0.39, 0.29) is 11.9 Å². The van der Waals surface area contributed by atoms with E-state index in [0.29, 0.717) is 5.56 Å². The maximum atomic E-state index is 13.1. The number of fused-ring (bicyclic) bond motifs is 1. The number of benzene rings is 2. The minimum absolute atomic E-state index is 0.0947. The number of pyridine rings is 1.